The van der Waals surface area contributed by atoms with Crippen LogP contribution in [0.4, 0.5) is 6.01 Å². The molecule has 0 saturated heterocycles. The van der Waals surface area contributed by atoms with Gasteiger partial charge in [-0.25, -0.2) is 0 Å². The van der Waals surface area contributed by atoms with E-state index in [4.69, 9.17) is 9.15 Å². The van der Waals surface area contributed by atoms with Gasteiger partial charge < -0.3 is 19.8 Å². The fraction of sp³-hybridized carbons (Fsp3) is 0.467. The fourth-order valence-electron chi connectivity index (χ4n) is 1.71. The average molecular weight is 290 g/mol. The van der Waals surface area contributed by atoms with Gasteiger partial charge in [0.05, 0.1) is 13.1 Å². The summed E-state index contributed by atoms with van der Waals surface area (Å²) in [6, 6.07) is 10.1. The van der Waals surface area contributed by atoms with Crippen molar-refractivity contribution in [3.63, 3.8) is 0 Å². The highest BCUT2D eigenvalue weighted by Gasteiger charge is 2.05. The molecule has 0 atom stereocenters. The summed E-state index contributed by atoms with van der Waals surface area (Å²) in [6.45, 7) is 6.97. The number of nitrogens with zero attached hydrogens (tertiary/aromatic N) is 2. The Labute approximate surface area is 124 Å². The van der Waals surface area contributed by atoms with E-state index in [9.17, 15) is 0 Å². The molecular weight excluding hydrogens is 268 g/mol. The molecule has 1 aromatic carbocycles. The van der Waals surface area contributed by atoms with E-state index in [2.05, 4.69) is 34.7 Å². The van der Waals surface area contributed by atoms with Crippen LogP contribution in [-0.4, -0.2) is 29.9 Å². The van der Waals surface area contributed by atoms with Crippen molar-refractivity contribution in [2.45, 2.75) is 20.4 Å². The molecule has 2 aromatic rings. The summed E-state index contributed by atoms with van der Waals surface area (Å²) in [7, 11) is 0. The predicted molar refractivity (Wildman–Crippen MR) is 81.3 cm³/mol. The van der Waals surface area contributed by atoms with Crippen LogP contribution in [-0.2, 0) is 6.54 Å². The van der Waals surface area contributed by atoms with Crippen LogP contribution >= 0.6 is 0 Å². The zero-order valence-corrected chi connectivity index (χ0v) is 12.5. The molecule has 2 rings (SSSR count). The average Bonchev–Trinajstić information content (AvgIpc) is 2.92. The minimum Gasteiger partial charge on any atom is -0.492 e. The Kier molecular flexibility index (Phi) is 6.02. The quantitative estimate of drug-likeness (QED) is 0.690. The molecule has 6 nitrogen and oxygen atoms in total. The number of hydrogen-bond acceptors (Lipinski definition) is 6. The minimum atomic E-state index is 0.424. The van der Waals surface area contributed by atoms with Gasteiger partial charge >= 0.3 is 6.01 Å². The summed E-state index contributed by atoms with van der Waals surface area (Å²) in [4.78, 5) is 0. The van der Waals surface area contributed by atoms with Gasteiger partial charge in [-0.3, -0.25) is 0 Å². The second-order valence-electron chi connectivity index (χ2n) is 5.11. The van der Waals surface area contributed by atoms with E-state index in [-0.39, 0.29) is 0 Å². The molecule has 0 aliphatic heterocycles. The lowest BCUT2D eigenvalue weighted by molar-refractivity contribution is 0.331. The lowest BCUT2D eigenvalue weighted by atomic mass is 10.2. The van der Waals surface area contributed by atoms with E-state index in [1.54, 1.807) is 0 Å². The van der Waals surface area contributed by atoms with Crippen molar-refractivity contribution in [2.75, 3.05) is 25.0 Å². The summed E-state index contributed by atoms with van der Waals surface area (Å²) in [5, 5.41) is 14.2. The Morgan fingerprint density at radius 1 is 1.19 bits per heavy atom. The smallest absolute Gasteiger partial charge is 0.315 e. The van der Waals surface area contributed by atoms with E-state index in [1.807, 2.05) is 30.3 Å². The SMILES string of the molecule is CC(C)CNCc1nnc(NCCOc2ccccc2)o1. The van der Waals surface area contributed by atoms with Crippen LogP contribution in [0.2, 0.25) is 0 Å². The second kappa shape index (κ2) is 8.26. The first-order chi connectivity index (χ1) is 10.2. The molecule has 0 unspecified atom stereocenters. The summed E-state index contributed by atoms with van der Waals surface area (Å²) in [5.41, 5.74) is 0. The van der Waals surface area contributed by atoms with Gasteiger partial charge in [-0.2, -0.15) is 0 Å². The number of para-hydroxylation sites is 1. The third kappa shape index (κ3) is 5.83. The summed E-state index contributed by atoms with van der Waals surface area (Å²) in [5.74, 6) is 2.03. The number of hydrogen-bond donors (Lipinski definition) is 2. The molecule has 1 aromatic heterocycles. The van der Waals surface area contributed by atoms with Crippen molar-refractivity contribution >= 4 is 6.01 Å². The van der Waals surface area contributed by atoms with Gasteiger partial charge in [0, 0.05) is 0 Å². The van der Waals surface area contributed by atoms with Crippen LogP contribution in [0.25, 0.3) is 0 Å². The molecule has 0 saturated carbocycles. The van der Waals surface area contributed by atoms with Gasteiger partial charge in [0.15, 0.2) is 0 Å². The van der Waals surface area contributed by atoms with Crippen LogP contribution in [0.3, 0.4) is 0 Å². The highest BCUT2D eigenvalue weighted by molar-refractivity contribution is 5.21. The topological polar surface area (TPSA) is 72.2 Å². The largest absolute Gasteiger partial charge is 0.492 e. The van der Waals surface area contributed by atoms with E-state index < -0.39 is 0 Å². The van der Waals surface area contributed by atoms with Crippen molar-refractivity contribution in [3.8, 4) is 5.75 Å². The number of ether oxygens (including phenoxy) is 1. The summed E-state index contributed by atoms with van der Waals surface area (Å²) < 4.78 is 11.0. The van der Waals surface area contributed by atoms with Crippen molar-refractivity contribution in [2.24, 2.45) is 5.92 Å². The molecule has 6 heteroatoms. The lowest BCUT2D eigenvalue weighted by Gasteiger charge is -2.05. The number of rotatable bonds is 9. The molecule has 1 heterocycles. The maximum atomic E-state index is 5.56. The number of anilines is 1. The first kappa shape index (κ1) is 15.3. The van der Waals surface area contributed by atoms with Crippen LogP contribution in [0, 0.1) is 5.92 Å². The Bertz CT molecular complexity index is 513. The molecule has 0 spiro atoms. The molecule has 0 amide bonds. The first-order valence-corrected chi connectivity index (χ1v) is 7.19. The van der Waals surface area contributed by atoms with Crippen LogP contribution in [0.5, 0.6) is 5.75 Å². The third-order valence-electron chi connectivity index (χ3n) is 2.69. The molecule has 21 heavy (non-hydrogen) atoms. The summed E-state index contributed by atoms with van der Waals surface area (Å²) >= 11 is 0. The van der Waals surface area contributed by atoms with Crippen molar-refractivity contribution < 1.29 is 9.15 Å². The van der Waals surface area contributed by atoms with Crippen molar-refractivity contribution in [1.29, 1.82) is 0 Å². The van der Waals surface area contributed by atoms with E-state index in [0.717, 1.165) is 12.3 Å². The molecule has 0 bridgehead atoms. The minimum absolute atomic E-state index is 0.424. The van der Waals surface area contributed by atoms with Gasteiger partial charge in [0.1, 0.15) is 12.4 Å². The molecule has 0 aliphatic rings. The molecule has 2 N–H and O–H groups in total. The Hall–Kier alpha value is -2.08. The normalized spacial score (nSPS) is 10.8. The zero-order valence-electron chi connectivity index (χ0n) is 12.5. The maximum absolute atomic E-state index is 5.56. The lowest BCUT2D eigenvalue weighted by Crippen LogP contribution is -2.19. The third-order valence-corrected chi connectivity index (χ3v) is 2.69. The van der Waals surface area contributed by atoms with Crippen LogP contribution < -0.4 is 15.4 Å². The Morgan fingerprint density at radius 2 is 2.00 bits per heavy atom. The highest BCUT2D eigenvalue weighted by atomic mass is 16.5. The molecule has 0 aliphatic carbocycles. The standard InChI is InChI=1S/C15H22N4O2/c1-12(2)10-16-11-14-18-19-15(21-14)17-8-9-20-13-6-4-3-5-7-13/h3-7,12,16H,8-11H2,1-2H3,(H,17,19). The Balaban J connectivity index is 1.63. The van der Waals surface area contributed by atoms with Gasteiger partial charge in [-0.15, -0.1) is 5.10 Å². The Morgan fingerprint density at radius 3 is 2.76 bits per heavy atom. The monoisotopic (exact) mass is 290 g/mol. The maximum Gasteiger partial charge on any atom is 0.315 e. The number of nitrogens with one attached hydrogen (secondary N) is 2. The van der Waals surface area contributed by atoms with Gasteiger partial charge in [-0.1, -0.05) is 37.1 Å². The number of aromatic nitrogens is 2. The molecule has 0 radical (unpaired) electrons. The van der Waals surface area contributed by atoms with E-state index >= 15 is 0 Å². The molecule has 0 fully saturated rings. The van der Waals surface area contributed by atoms with Gasteiger partial charge in [0.2, 0.25) is 5.89 Å². The second-order valence-corrected chi connectivity index (χ2v) is 5.11. The van der Waals surface area contributed by atoms with Gasteiger partial charge in [0.25, 0.3) is 0 Å². The predicted octanol–water partition coefficient (Wildman–Crippen LogP) is 2.31. The highest BCUT2D eigenvalue weighted by Crippen LogP contribution is 2.08. The molecular formula is C15H22N4O2. The molecule has 114 valence electrons. The van der Waals surface area contributed by atoms with Gasteiger partial charge in [-0.05, 0) is 24.6 Å². The van der Waals surface area contributed by atoms with Crippen LogP contribution in [0.1, 0.15) is 19.7 Å². The summed E-state index contributed by atoms with van der Waals surface area (Å²) in [6.07, 6.45) is 0. The fourth-order valence-corrected chi connectivity index (χ4v) is 1.71. The first-order valence-electron chi connectivity index (χ1n) is 7.19. The van der Waals surface area contributed by atoms with E-state index in [0.29, 0.717) is 37.5 Å². The number of benzene rings is 1. The van der Waals surface area contributed by atoms with Crippen molar-refractivity contribution in [1.82, 2.24) is 15.5 Å². The van der Waals surface area contributed by atoms with Crippen molar-refractivity contribution in [3.05, 3.63) is 36.2 Å². The van der Waals surface area contributed by atoms with E-state index in [1.165, 1.54) is 0 Å². The zero-order chi connectivity index (χ0) is 14.9. The van der Waals surface area contributed by atoms with Crippen LogP contribution in [0.15, 0.2) is 34.7 Å².